The van der Waals surface area contributed by atoms with Crippen LogP contribution in [0.3, 0.4) is 0 Å². The Balaban J connectivity index is 2.25. The van der Waals surface area contributed by atoms with E-state index >= 15 is 0 Å². The van der Waals surface area contributed by atoms with E-state index in [1.807, 2.05) is 6.07 Å². The van der Waals surface area contributed by atoms with Gasteiger partial charge in [0.2, 0.25) is 0 Å². The van der Waals surface area contributed by atoms with Crippen LogP contribution in [-0.4, -0.2) is 5.11 Å². The fourth-order valence-electron chi connectivity index (χ4n) is 1.22. The molecule has 1 atom stereocenters. The molecular formula is C8H8Br2OS. The van der Waals surface area contributed by atoms with Gasteiger partial charge >= 0.3 is 0 Å². The molecule has 1 unspecified atom stereocenters. The third-order valence-corrected chi connectivity index (χ3v) is 4.46. The molecule has 1 N–H and O–H groups in total. The maximum atomic E-state index is 9.81. The van der Waals surface area contributed by atoms with E-state index in [4.69, 9.17) is 0 Å². The summed E-state index contributed by atoms with van der Waals surface area (Å²) in [5, 5.41) is 9.81. The lowest BCUT2D eigenvalue weighted by atomic mass is 10.1. The molecule has 1 aromatic rings. The molecule has 1 saturated carbocycles. The highest BCUT2D eigenvalue weighted by molar-refractivity contribution is 9.12. The molecule has 0 amide bonds. The molecule has 1 nitrogen and oxygen atoms in total. The van der Waals surface area contributed by atoms with Gasteiger partial charge in [-0.1, -0.05) is 0 Å². The second-order valence-electron chi connectivity index (χ2n) is 3.06. The maximum absolute atomic E-state index is 9.81. The van der Waals surface area contributed by atoms with Gasteiger partial charge in [0.25, 0.3) is 0 Å². The molecule has 12 heavy (non-hydrogen) atoms. The first-order chi connectivity index (χ1) is 5.68. The maximum Gasteiger partial charge on any atom is 0.0837 e. The lowest BCUT2D eigenvalue weighted by Gasteiger charge is -2.06. The van der Waals surface area contributed by atoms with Crippen LogP contribution in [0.5, 0.6) is 0 Å². The molecule has 4 heteroatoms. The SMILES string of the molecule is OC(c1cc(Br)sc1Br)C1CC1. The van der Waals surface area contributed by atoms with Crippen molar-refractivity contribution in [3.05, 3.63) is 19.2 Å². The first-order valence-corrected chi connectivity index (χ1v) is 6.21. The van der Waals surface area contributed by atoms with Gasteiger partial charge in [-0.2, -0.15) is 0 Å². The van der Waals surface area contributed by atoms with E-state index in [1.165, 1.54) is 12.8 Å². The van der Waals surface area contributed by atoms with Crippen molar-refractivity contribution in [2.45, 2.75) is 18.9 Å². The first kappa shape index (κ1) is 9.19. The van der Waals surface area contributed by atoms with Gasteiger partial charge in [0, 0.05) is 5.56 Å². The van der Waals surface area contributed by atoms with Gasteiger partial charge in [-0.05, 0) is 56.7 Å². The van der Waals surface area contributed by atoms with Crippen LogP contribution in [0.15, 0.2) is 13.6 Å². The summed E-state index contributed by atoms with van der Waals surface area (Å²) in [4.78, 5) is 0. The smallest absolute Gasteiger partial charge is 0.0837 e. The molecule has 0 aromatic carbocycles. The van der Waals surface area contributed by atoms with Crippen LogP contribution in [0.2, 0.25) is 0 Å². The monoisotopic (exact) mass is 310 g/mol. The average Bonchev–Trinajstić information content (AvgIpc) is 2.77. The third-order valence-electron chi connectivity index (χ3n) is 2.07. The molecule has 0 aliphatic heterocycles. The Labute approximate surface area is 92.1 Å². The Morgan fingerprint density at radius 1 is 1.50 bits per heavy atom. The topological polar surface area (TPSA) is 20.2 Å². The molecule has 1 heterocycles. The van der Waals surface area contributed by atoms with Crippen molar-refractivity contribution in [3.63, 3.8) is 0 Å². The molecular weight excluding hydrogens is 304 g/mol. The Hall–Kier alpha value is 0.620. The normalized spacial score (nSPS) is 19.6. The highest BCUT2D eigenvalue weighted by atomic mass is 79.9. The Bertz CT molecular complexity index is 293. The lowest BCUT2D eigenvalue weighted by molar-refractivity contribution is 0.153. The van der Waals surface area contributed by atoms with E-state index in [0.717, 1.165) is 13.1 Å². The highest BCUT2D eigenvalue weighted by Gasteiger charge is 2.32. The van der Waals surface area contributed by atoms with Crippen molar-refractivity contribution in [2.75, 3.05) is 0 Å². The summed E-state index contributed by atoms with van der Waals surface area (Å²) < 4.78 is 2.12. The van der Waals surface area contributed by atoms with Gasteiger partial charge in [0.05, 0.1) is 13.7 Å². The van der Waals surface area contributed by atoms with E-state index in [9.17, 15) is 5.11 Å². The minimum absolute atomic E-state index is 0.262. The summed E-state index contributed by atoms with van der Waals surface area (Å²) in [5.41, 5.74) is 1.04. The highest BCUT2D eigenvalue weighted by Crippen LogP contribution is 2.45. The summed E-state index contributed by atoms with van der Waals surface area (Å²) in [7, 11) is 0. The molecule has 0 spiro atoms. The molecule has 1 aliphatic carbocycles. The summed E-state index contributed by atoms with van der Waals surface area (Å²) >= 11 is 8.46. The number of hydrogen-bond donors (Lipinski definition) is 1. The molecule has 0 radical (unpaired) electrons. The predicted molar refractivity (Wildman–Crippen MR) is 57.4 cm³/mol. The second-order valence-corrected chi connectivity index (χ2v) is 6.81. The molecule has 0 bridgehead atoms. The standard InChI is InChI=1S/C8H8Br2OS/c9-6-3-5(8(10)12-6)7(11)4-1-2-4/h3-4,7,11H,1-2H2. The van der Waals surface area contributed by atoms with E-state index in [1.54, 1.807) is 11.3 Å². The van der Waals surface area contributed by atoms with Gasteiger partial charge in [-0.3, -0.25) is 0 Å². The average molecular weight is 312 g/mol. The number of aliphatic hydroxyl groups excluding tert-OH is 1. The molecule has 0 saturated heterocycles. The van der Waals surface area contributed by atoms with Crippen molar-refractivity contribution in [3.8, 4) is 0 Å². The van der Waals surface area contributed by atoms with Gasteiger partial charge in [-0.25, -0.2) is 0 Å². The second kappa shape index (κ2) is 3.40. The summed E-state index contributed by atoms with van der Waals surface area (Å²) in [6.07, 6.45) is 2.07. The van der Waals surface area contributed by atoms with Crippen molar-refractivity contribution >= 4 is 43.2 Å². The van der Waals surface area contributed by atoms with Gasteiger partial charge < -0.3 is 5.11 Å². The minimum Gasteiger partial charge on any atom is -0.388 e. The quantitative estimate of drug-likeness (QED) is 0.882. The van der Waals surface area contributed by atoms with E-state index in [-0.39, 0.29) is 6.10 Å². The zero-order valence-electron chi connectivity index (χ0n) is 6.26. The Morgan fingerprint density at radius 2 is 2.17 bits per heavy atom. The zero-order valence-corrected chi connectivity index (χ0v) is 10.2. The number of aliphatic hydroxyl groups is 1. The number of thiophene rings is 1. The lowest BCUT2D eigenvalue weighted by Crippen LogP contribution is -1.97. The minimum atomic E-state index is -0.262. The van der Waals surface area contributed by atoms with Crippen LogP contribution in [-0.2, 0) is 0 Å². The summed E-state index contributed by atoms with van der Waals surface area (Å²) in [6, 6.07) is 2.00. The van der Waals surface area contributed by atoms with Crippen LogP contribution >= 0.6 is 43.2 Å². The number of rotatable bonds is 2. The van der Waals surface area contributed by atoms with Gasteiger partial charge in [0.15, 0.2) is 0 Å². The largest absolute Gasteiger partial charge is 0.388 e. The molecule has 1 aliphatic rings. The van der Waals surface area contributed by atoms with Gasteiger partial charge in [0.1, 0.15) is 0 Å². The van der Waals surface area contributed by atoms with Crippen LogP contribution in [0.4, 0.5) is 0 Å². The van der Waals surface area contributed by atoms with Crippen LogP contribution < -0.4 is 0 Å². The van der Waals surface area contributed by atoms with Gasteiger partial charge in [-0.15, -0.1) is 11.3 Å². The van der Waals surface area contributed by atoms with Crippen LogP contribution in [0.1, 0.15) is 24.5 Å². The van der Waals surface area contributed by atoms with Crippen molar-refractivity contribution in [2.24, 2.45) is 5.92 Å². The van der Waals surface area contributed by atoms with Crippen LogP contribution in [0, 0.1) is 5.92 Å². The first-order valence-electron chi connectivity index (χ1n) is 3.81. The fourth-order valence-corrected chi connectivity index (χ4v) is 4.13. The number of hydrogen-bond acceptors (Lipinski definition) is 2. The Morgan fingerprint density at radius 3 is 2.58 bits per heavy atom. The molecule has 66 valence electrons. The van der Waals surface area contributed by atoms with Crippen LogP contribution in [0.25, 0.3) is 0 Å². The molecule has 2 rings (SSSR count). The van der Waals surface area contributed by atoms with E-state index < -0.39 is 0 Å². The van der Waals surface area contributed by atoms with Crippen molar-refractivity contribution in [1.82, 2.24) is 0 Å². The molecule has 1 aromatic heterocycles. The summed E-state index contributed by atoms with van der Waals surface area (Å²) in [6.45, 7) is 0. The zero-order chi connectivity index (χ0) is 8.72. The van der Waals surface area contributed by atoms with Crippen molar-refractivity contribution < 1.29 is 5.11 Å². The fraction of sp³-hybridized carbons (Fsp3) is 0.500. The Kier molecular flexibility index (Phi) is 2.61. The van der Waals surface area contributed by atoms with E-state index in [2.05, 4.69) is 31.9 Å². The number of halogens is 2. The summed E-state index contributed by atoms with van der Waals surface area (Å²) in [5.74, 6) is 0.503. The molecule has 1 fully saturated rings. The van der Waals surface area contributed by atoms with Crippen molar-refractivity contribution in [1.29, 1.82) is 0 Å². The van der Waals surface area contributed by atoms with E-state index in [0.29, 0.717) is 5.92 Å². The third kappa shape index (κ3) is 1.76. The predicted octanol–water partition coefficient (Wildman–Crippen LogP) is 3.72.